The molecule has 1 aliphatic heterocycles. The third-order valence-electron chi connectivity index (χ3n) is 4.44. The molecule has 1 fully saturated rings. The van der Waals surface area contributed by atoms with Gasteiger partial charge in [0.05, 0.1) is 0 Å². The predicted octanol–water partition coefficient (Wildman–Crippen LogP) is 1.63. The number of nitrogens with two attached hydrogens (primary N) is 1. The highest BCUT2D eigenvalue weighted by Gasteiger charge is 2.22. The Morgan fingerprint density at radius 3 is 2.74 bits per heavy atom. The van der Waals surface area contributed by atoms with Gasteiger partial charge < -0.3 is 20.5 Å². The molecule has 0 aliphatic carbocycles. The van der Waals surface area contributed by atoms with Crippen molar-refractivity contribution >= 4 is 5.91 Å². The van der Waals surface area contributed by atoms with Crippen LogP contribution in [0.5, 0.6) is 5.75 Å². The van der Waals surface area contributed by atoms with Crippen molar-refractivity contribution in [3.05, 3.63) is 29.3 Å². The lowest BCUT2D eigenvalue weighted by Gasteiger charge is -2.32. The van der Waals surface area contributed by atoms with E-state index < -0.39 is 6.10 Å². The zero-order valence-corrected chi connectivity index (χ0v) is 14.1. The molecule has 1 aliphatic rings. The van der Waals surface area contributed by atoms with Gasteiger partial charge in [-0.05, 0) is 62.9 Å². The summed E-state index contributed by atoms with van der Waals surface area (Å²) in [4.78, 5) is 13.2. The molecule has 1 saturated heterocycles. The fourth-order valence-electron chi connectivity index (χ4n) is 3.06. The van der Waals surface area contributed by atoms with Crippen LogP contribution >= 0.6 is 0 Å². The maximum absolute atomic E-state index is 11.0. The van der Waals surface area contributed by atoms with Crippen molar-refractivity contribution in [1.29, 1.82) is 0 Å². The molecule has 0 spiro atoms. The van der Waals surface area contributed by atoms with Crippen molar-refractivity contribution in [2.24, 2.45) is 11.7 Å². The summed E-state index contributed by atoms with van der Waals surface area (Å²) in [6, 6.07) is 6.08. The second-order valence-corrected chi connectivity index (χ2v) is 6.65. The van der Waals surface area contributed by atoms with Gasteiger partial charge in [0.1, 0.15) is 18.5 Å². The Morgan fingerprint density at radius 1 is 1.39 bits per heavy atom. The maximum Gasteiger partial charge on any atom is 0.217 e. The summed E-state index contributed by atoms with van der Waals surface area (Å²) >= 11 is 0. The molecule has 0 saturated carbocycles. The molecule has 128 valence electrons. The van der Waals surface area contributed by atoms with E-state index in [1.54, 1.807) is 0 Å². The molecule has 5 nitrogen and oxygen atoms in total. The highest BCUT2D eigenvalue weighted by molar-refractivity contribution is 5.73. The number of carbonyl (C=O) groups is 1. The zero-order chi connectivity index (χ0) is 16.8. The van der Waals surface area contributed by atoms with E-state index in [9.17, 15) is 9.90 Å². The van der Waals surface area contributed by atoms with Crippen molar-refractivity contribution in [3.8, 4) is 5.75 Å². The number of nitrogens with zero attached hydrogens (tertiary/aromatic N) is 1. The normalized spacial score (nSPS) is 17.9. The highest BCUT2D eigenvalue weighted by Crippen LogP contribution is 2.21. The quantitative estimate of drug-likeness (QED) is 0.801. The van der Waals surface area contributed by atoms with Gasteiger partial charge in [0, 0.05) is 13.0 Å². The molecule has 0 radical (unpaired) electrons. The van der Waals surface area contributed by atoms with Crippen molar-refractivity contribution in [1.82, 2.24) is 4.90 Å². The molecule has 1 atom stereocenters. The van der Waals surface area contributed by atoms with Crippen LogP contribution in [0.1, 0.15) is 30.4 Å². The number of aliphatic hydroxyl groups is 1. The Kier molecular flexibility index (Phi) is 6.42. The minimum Gasteiger partial charge on any atom is -0.491 e. The van der Waals surface area contributed by atoms with E-state index in [1.807, 2.05) is 26.0 Å². The number of hydrogen-bond acceptors (Lipinski definition) is 4. The van der Waals surface area contributed by atoms with E-state index in [0.717, 1.165) is 42.8 Å². The first kappa shape index (κ1) is 17.8. The summed E-state index contributed by atoms with van der Waals surface area (Å²) in [6.07, 6.45) is 1.90. The van der Waals surface area contributed by atoms with Crippen LogP contribution < -0.4 is 10.5 Å². The standard InChI is InChI=1S/C18H28N2O3/c1-13-3-4-14(2)17(9-13)23-12-16(21)11-20-7-5-15(6-8-20)10-18(19)22/h3-4,9,15-16,21H,5-8,10-12H2,1-2H3,(H2,19,22). The predicted molar refractivity (Wildman–Crippen MR) is 90.4 cm³/mol. The molecule has 3 N–H and O–H groups in total. The fourth-order valence-corrected chi connectivity index (χ4v) is 3.06. The number of ether oxygens (including phenoxy) is 1. The molecule has 0 aromatic heterocycles. The smallest absolute Gasteiger partial charge is 0.217 e. The lowest BCUT2D eigenvalue weighted by atomic mass is 9.93. The van der Waals surface area contributed by atoms with Crippen LogP contribution in [0.4, 0.5) is 0 Å². The monoisotopic (exact) mass is 320 g/mol. The molecule has 1 unspecified atom stereocenters. The largest absolute Gasteiger partial charge is 0.491 e. The van der Waals surface area contributed by atoms with Gasteiger partial charge in [0.2, 0.25) is 5.91 Å². The van der Waals surface area contributed by atoms with Gasteiger partial charge in [-0.25, -0.2) is 0 Å². The molecular weight excluding hydrogens is 292 g/mol. The number of likely N-dealkylation sites (tertiary alicyclic amines) is 1. The van der Waals surface area contributed by atoms with Crippen LogP contribution in [0.15, 0.2) is 18.2 Å². The van der Waals surface area contributed by atoms with Gasteiger partial charge in [-0.3, -0.25) is 4.79 Å². The first-order valence-electron chi connectivity index (χ1n) is 8.33. The minimum atomic E-state index is -0.511. The Bertz CT molecular complexity index is 525. The highest BCUT2D eigenvalue weighted by atomic mass is 16.5. The number of β-amino-alcohol motifs (C(OH)–C–C–N with tert-alkyl or cyclic N) is 1. The van der Waals surface area contributed by atoms with Crippen molar-refractivity contribution in [2.45, 2.75) is 39.2 Å². The van der Waals surface area contributed by atoms with E-state index in [1.165, 1.54) is 0 Å². The van der Waals surface area contributed by atoms with Crippen LogP contribution in [0.3, 0.4) is 0 Å². The molecule has 2 rings (SSSR count). The second kappa shape index (κ2) is 8.31. The first-order valence-corrected chi connectivity index (χ1v) is 8.33. The van der Waals surface area contributed by atoms with Crippen LogP contribution in [-0.4, -0.2) is 48.3 Å². The van der Waals surface area contributed by atoms with E-state index in [4.69, 9.17) is 10.5 Å². The van der Waals surface area contributed by atoms with Crippen molar-refractivity contribution in [3.63, 3.8) is 0 Å². The molecule has 1 aromatic rings. The van der Waals surface area contributed by atoms with Gasteiger partial charge in [-0.15, -0.1) is 0 Å². The fraction of sp³-hybridized carbons (Fsp3) is 0.611. The van der Waals surface area contributed by atoms with Gasteiger partial charge >= 0.3 is 0 Å². The second-order valence-electron chi connectivity index (χ2n) is 6.65. The SMILES string of the molecule is Cc1ccc(C)c(OCC(O)CN2CCC(CC(N)=O)CC2)c1. The van der Waals surface area contributed by atoms with E-state index in [2.05, 4.69) is 11.0 Å². The topological polar surface area (TPSA) is 75.8 Å². The molecule has 5 heteroatoms. The Hall–Kier alpha value is -1.59. The van der Waals surface area contributed by atoms with Gasteiger partial charge in [0.15, 0.2) is 0 Å². The number of piperidine rings is 1. The average Bonchev–Trinajstić information content (AvgIpc) is 2.50. The lowest BCUT2D eigenvalue weighted by molar-refractivity contribution is -0.119. The van der Waals surface area contributed by atoms with Crippen LogP contribution in [0.25, 0.3) is 0 Å². The molecule has 0 bridgehead atoms. The zero-order valence-electron chi connectivity index (χ0n) is 14.1. The average molecular weight is 320 g/mol. The number of aryl methyl sites for hydroxylation is 2. The number of aliphatic hydroxyl groups excluding tert-OH is 1. The van der Waals surface area contributed by atoms with Crippen LogP contribution in [0.2, 0.25) is 0 Å². The summed E-state index contributed by atoms with van der Waals surface area (Å²) in [7, 11) is 0. The van der Waals surface area contributed by atoms with E-state index in [-0.39, 0.29) is 5.91 Å². The van der Waals surface area contributed by atoms with Gasteiger partial charge in [0.25, 0.3) is 0 Å². The maximum atomic E-state index is 11.0. The molecular formula is C18H28N2O3. The molecule has 1 amide bonds. The number of hydrogen-bond donors (Lipinski definition) is 2. The van der Waals surface area contributed by atoms with E-state index in [0.29, 0.717) is 25.5 Å². The van der Waals surface area contributed by atoms with Gasteiger partial charge in [-0.1, -0.05) is 12.1 Å². The molecule has 23 heavy (non-hydrogen) atoms. The van der Waals surface area contributed by atoms with Crippen molar-refractivity contribution < 1.29 is 14.6 Å². The minimum absolute atomic E-state index is 0.217. The summed E-state index contributed by atoms with van der Waals surface area (Å²) in [5, 5.41) is 10.2. The Balaban J connectivity index is 1.72. The van der Waals surface area contributed by atoms with Gasteiger partial charge in [-0.2, -0.15) is 0 Å². The molecule has 1 heterocycles. The Labute approximate surface area is 138 Å². The Morgan fingerprint density at radius 2 is 2.09 bits per heavy atom. The summed E-state index contributed by atoms with van der Waals surface area (Å²) in [6.45, 7) is 6.74. The first-order chi connectivity index (χ1) is 10.9. The molecule has 1 aromatic carbocycles. The lowest BCUT2D eigenvalue weighted by Crippen LogP contribution is -2.41. The third kappa shape index (κ3) is 5.84. The van der Waals surface area contributed by atoms with E-state index >= 15 is 0 Å². The number of carbonyl (C=O) groups excluding carboxylic acids is 1. The summed E-state index contributed by atoms with van der Waals surface area (Å²) in [5.74, 6) is 1.02. The number of rotatable bonds is 7. The summed E-state index contributed by atoms with van der Waals surface area (Å²) in [5.41, 5.74) is 7.48. The third-order valence-corrected chi connectivity index (χ3v) is 4.44. The summed E-state index contributed by atoms with van der Waals surface area (Å²) < 4.78 is 5.76. The van der Waals surface area contributed by atoms with Crippen molar-refractivity contribution in [2.75, 3.05) is 26.2 Å². The number of benzene rings is 1. The van der Waals surface area contributed by atoms with Crippen LogP contribution in [-0.2, 0) is 4.79 Å². The number of primary amides is 1. The number of amides is 1. The van der Waals surface area contributed by atoms with Crippen LogP contribution in [0, 0.1) is 19.8 Å².